The van der Waals surface area contributed by atoms with Gasteiger partial charge in [0, 0.05) is 18.0 Å². The van der Waals surface area contributed by atoms with E-state index in [4.69, 9.17) is 9.84 Å². The van der Waals surface area contributed by atoms with Crippen LogP contribution in [0.15, 0.2) is 34.2 Å². The molecule has 8 heteroatoms. The minimum Gasteiger partial charge on any atom is -0.481 e. The Hall–Kier alpha value is -2.32. The Balaban J connectivity index is 2.22. The number of rotatable bonds is 6. The predicted octanol–water partition coefficient (Wildman–Crippen LogP) is 1.70. The van der Waals surface area contributed by atoms with Gasteiger partial charge in [-0.2, -0.15) is 0 Å². The molecule has 7 nitrogen and oxygen atoms in total. The topological polar surface area (TPSA) is 97.2 Å². The number of para-hydroxylation sites is 1. The van der Waals surface area contributed by atoms with E-state index in [-0.39, 0.29) is 11.3 Å². The highest BCUT2D eigenvalue weighted by atomic mass is 32.2. The number of fused-ring (bicyclic) bond motifs is 3. The highest BCUT2D eigenvalue weighted by Crippen LogP contribution is 2.24. The highest BCUT2D eigenvalue weighted by Gasteiger charge is 2.16. The van der Waals surface area contributed by atoms with Crippen LogP contribution in [0.4, 0.5) is 0 Å². The number of benzene rings is 1. The molecule has 0 spiro atoms. The number of ether oxygens (including phenoxy) is 1. The van der Waals surface area contributed by atoms with Gasteiger partial charge in [-0.25, -0.2) is 4.98 Å². The molecule has 0 radical (unpaired) electrons. The number of hydrogen-bond acceptors (Lipinski definition) is 5. The zero-order valence-electron chi connectivity index (χ0n) is 12.4. The first-order chi connectivity index (χ1) is 11.1. The molecule has 0 unspecified atom stereocenters. The van der Waals surface area contributed by atoms with Gasteiger partial charge < -0.3 is 14.8 Å². The normalized spacial score (nSPS) is 11.3. The molecule has 0 fully saturated rings. The number of aromatic nitrogens is 3. The fraction of sp³-hybridized carbons (Fsp3) is 0.267. The van der Waals surface area contributed by atoms with E-state index in [1.165, 1.54) is 4.57 Å². The molecule has 3 aromatic rings. The Morgan fingerprint density at radius 2 is 2.22 bits per heavy atom. The van der Waals surface area contributed by atoms with Crippen molar-refractivity contribution in [1.29, 1.82) is 0 Å². The highest BCUT2D eigenvalue weighted by molar-refractivity contribution is 7.99. The summed E-state index contributed by atoms with van der Waals surface area (Å²) in [7, 11) is 1.55. The molecule has 0 atom stereocenters. The molecule has 0 aliphatic carbocycles. The van der Waals surface area contributed by atoms with E-state index in [1.54, 1.807) is 7.11 Å². The summed E-state index contributed by atoms with van der Waals surface area (Å²) in [5.41, 5.74) is 1.58. The van der Waals surface area contributed by atoms with Crippen molar-refractivity contribution in [2.45, 2.75) is 11.7 Å². The van der Waals surface area contributed by atoms with Crippen molar-refractivity contribution in [2.24, 2.45) is 0 Å². The van der Waals surface area contributed by atoms with Crippen LogP contribution < -0.4 is 5.56 Å². The average molecular weight is 333 g/mol. The summed E-state index contributed by atoms with van der Waals surface area (Å²) in [5, 5.41) is 10.1. The van der Waals surface area contributed by atoms with Gasteiger partial charge in [0.25, 0.3) is 5.56 Å². The van der Waals surface area contributed by atoms with Gasteiger partial charge in [-0.3, -0.25) is 14.2 Å². The molecule has 0 aliphatic rings. The van der Waals surface area contributed by atoms with Crippen LogP contribution in [-0.2, 0) is 16.1 Å². The quantitative estimate of drug-likeness (QED) is 0.526. The van der Waals surface area contributed by atoms with Gasteiger partial charge >= 0.3 is 5.97 Å². The van der Waals surface area contributed by atoms with Crippen molar-refractivity contribution in [3.05, 3.63) is 34.6 Å². The van der Waals surface area contributed by atoms with E-state index in [9.17, 15) is 9.59 Å². The zero-order chi connectivity index (χ0) is 16.4. The molecule has 1 aromatic carbocycles. The van der Waals surface area contributed by atoms with Crippen LogP contribution in [0, 0.1) is 0 Å². The summed E-state index contributed by atoms with van der Waals surface area (Å²) in [4.78, 5) is 31.2. The number of aliphatic carboxylic acids is 1. The first kappa shape index (κ1) is 15.6. The SMILES string of the molecule is COCCn1c(SCC(=O)O)nc2c([nH]c3ccccc32)c1=O. The minimum absolute atomic E-state index is 0.159. The maximum atomic E-state index is 12.7. The van der Waals surface area contributed by atoms with Crippen molar-refractivity contribution in [1.82, 2.24) is 14.5 Å². The number of H-pyrrole nitrogens is 1. The first-order valence-corrected chi connectivity index (χ1v) is 7.95. The molecule has 2 N–H and O–H groups in total. The first-order valence-electron chi connectivity index (χ1n) is 6.96. The molecular weight excluding hydrogens is 318 g/mol. The molecule has 0 saturated carbocycles. The molecule has 2 aromatic heterocycles. The zero-order valence-corrected chi connectivity index (χ0v) is 13.2. The summed E-state index contributed by atoms with van der Waals surface area (Å²) in [5.74, 6) is -1.12. The lowest BCUT2D eigenvalue weighted by Gasteiger charge is -2.10. The fourth-order valence-corrected chi connectivity index (χ4v) is 3.13. The molecule has 0 amide bonds. The van der Waals surface area contributed by atoms with Gasteiger partial charge in [0.2, 0.25) is 0 Å². The predicted molar refractivity (Wildman–Crippen MR) is 88.1 cm³/mol. The van der Waals surface area contributed by atoms with Crippen LogP contribution in [0.3, 0.4) is 0 Å². The largest absolute Gasteiger partial charge is 0.481 e. The van der Waals surface area contributed by atoms with Crippen molar-refractivity contribution in [3.8, 4) is 0 Å². The Morgan fingerprint density at radius 3 is 2.96 bits per heavy atom. The number of carboxylic acid groups (broad SMARTS) is 1. The average Bonchev–Trinajstić information content (AvgIpc) is 2.91. The lowest BCUT2D eigenvalue weighted by molar-refractivity contribution is -0.133. The van der Waals surface area contributed by atoms with Crippen LogP contribution in [-0.4, -0.2) is 45.1 Å². The van der Waals surface area contributed by atoms with E-state index >= 15 is 0 Å². The van der Waals surface area contributed by atoms with Gasteiger partial charge in [0.15, 0.2) is 5.16 Å². The van der Waals surface area contributed by atoms with Crippen molar-refractivity contribution >= 4 is 39.7 Å². The number of nitrogens with zero attached hydrogens (tertiary/aromatic N) is 2. The van der Waals surface area contributed by atoms with E-state index in [0.717, 1.165) is 22.7 Å². The summed E-state index contributed by atoms with van der Waals surface area (Å²) < 4.78 is 6.48. The van der Waals surface area contributed by atoms with Gasteiger partial charge in [-0.05, 0) is 6.07 Å². The lowest BCUT2D eigenvalue weighted by Crippen LogP contribution is -2.25. The molecular formula is C15H15N3O4S. The Labute approximate surface area is 135 Å². The van der Waals surface area contributed by atoms with Crippen LogP contribution in [0.1, 0.15) is 0 Å². The maximum Gasteiger partial charge on any atom is 0.313 e. The fourth-order valence-electron chi connectivity index (χ4n) is 2.39. The standard InChI is InChI=1S/C15H15N3O4S/c1-22-7-6-18-14(21)13-12(17-15(18)23-8-11(19)20)9-4-2-3-5-10(9)16-13/h2-5,16H,6-8H2,1H3,(H,19,20). The van der Waals surface area contributed by atoms with Crippen molar-refractivity contribution < 1.29 is 14.6 Å². The van der Waals surface area contributed by atoms with Crippen LogP contribution in [0.25, 0.3) is 21.9 Å². The second kappa shape index (κ2) is 6.43. The molecule has 0 bridgehead atoms. The maximum absolute atomic E-state index is 12.7. The third kappa shape index (κ3) is 2.95. The number of hydrogen-bond donors (Lipinski definition) is 2. The number of aromatic amines is 1. The molecule has 0 saturated heterocycles. The number of methoxy groups -OCH3 is 1. The van der Waals surface area contributed by atoms with E-state index < -0.39 is 5.97 Å². The van der Waals surface area contributed by atoms with Crippen LogP contribution >= 0.6 is 11.8 Å². The lowest BCUT2D eigenvalue weighted by atomic mass is 10.2. The van der Waals surface area contributed by atoms with Crippen molar-refractivity contribution in [2.75, 3.05) is 19.5 Å². The van der Waals surface area contributed by atoms with Crippen molar-refractivity contribution in [3.63, 3.8) is 0 Å². The smallest absolute Gasteiger partial charge is 0.313 e. The van der Waals surface area contributed by atoms with Crippen LogP contribution in [0.2, 0.25) is 0 Å². The van der Waals surface area contributed by atoms with Gasteiger partial charge in [0.1, 0.15) is 11.0 Å². The number of carbonyl (C=O) groups is 1. The second-order valence-corrected chi connectivity index (χ2v) is 5.86. The summed E-state index contributed by atoms with van der Waals surface area (Å²) in [6, 6.07) is 7.50. The molecule has 3 rings (SSSR count). The minimum atomic E-state index is -0.957. The summed E-state index contributed by atoms with van der Waals surface area (Å²) in [6.45, 7) is 0.656. The van der Waals surface area contributed by atoms with Crippen LogP contribution in [0.5, 0.6) is 0 Å². The Kier molecular flexibility index (Phi) is 4.35. The van der Waals surface area contributed by atoms with E-state index in [2.05, 4.69) is 9.97 Å². The van der Waals surface area contributed by atoms with E-state index in [1.807, 2.05) is 24.3 Å². The number of nitrogens with one attached hydrogen (secondary N) is 1. The molecule has 23 heavy (non-hydrogen) atoms. The Morgan fingerprint density at radius 1 is 1.43 bits per heavy atom. The molecule has 120 valence electrons. The molecule has 0 aliphatic heterocycles. The number of carboxylic acids is 1. The Bertz CT molecular complexity index is 932. The summed E-state index contributed by atoms with van der Waals surface area (Å²) in [6.07, 6.45) is 0. The third-order valence-electron chi connectivity index (χ3n) is 3.42. The van der Waals surface area contributed by atoms with E-state index in [0.29, 0.717) is 29.3 Å². The second-order valence-electron chi connectivity index (χ2n) is 4.92. The van der Waals surface area contributed by atoms with Gasteiger partial charge in [0.05, 0.1) is 18.9 Å². The molecule has 2 heterocycles. The number of thioether (sulfide) groups is 1. The van der Waals surface area contributed by atoms with Gasteiger partial charge in [-0.15, -0.1) is 0 Å². The van der Waals surface area contributed by atoms with Gasteiger partial charge in [-0.1, -0.05) is 30.0 Å². The third-order valence-corrected chi connectivity index (χ3v) is 4.38. The monoisotopic (exact) mass is 333 g/mol. The summed E-state index contributed by atoms with van der Waals surface area (Å²) >= 11 is 1.03.